The van der Waals surface area contributed by atoms with Crippen molar-refractivity contribution in [3.8, 4) is 0 Å². The van der Waals surface area contributed by atoms with Gasteiger partial charge in [0.1, 0.15) is 0 Å². The van der Waals surface area contributed by atoms with E-state index in [1.807, 2.05) is 18.4 Å². The van der Waals surface area contributed by atoms with Crippen molar-refractivity contribution in [2.75, 3.05) is 16.3 Å². The third kappa shape index (κ3) is 4.46. The number of aromatic nitrogens is 2. The van der Waals surface area contributed by atoms with Crippen LogP contribution >= 0.6 is 23.1 Å². The zero-order valence-electron chi connectivity index (χ0n) is 13.7. The third-order valence-electron chi connectivity index (χ3n) is 2.89. The normalized spacial score (nSPS) is 12.0. The van der Waals surface area contributed by atoms with Crippen molar-refractivity contribution in [2.45, 2.75) is 30.0 Å². The summed E-state index contributed by atoms with van der Waals surface area (Å²) >= 11 is 2.24. The maximum Gasteiger partial charge on any atom is 0.291 e. The fourth-order valence-corrected chi connectivity index (χ4v) is 4.17. The molecule has 0 atom stereocenters. The fraction of sp³-hybridized carbons (Fsp3) is 0.357. The molecule has 130 valence electrons. The molecule has 0 radical (unpaired) electrons. The molecule has 7 nitrogen and oxygen atoms in total. The van der Waals surface area contributed by atoms with Gasteiger partial charge in [-0.1, -0.05) is 44.2 Å². The summed E-state index contributed by atoms with van der Waals surface area (Å²) in [5.41, 5.74) is -0.138. The summed E-state index contributed by atoms with van der Waals surface area (Å²) in [7, 11) is -3.87. The SMILES string of the molecule is CSc1ccccc1NS(=O)(=O)c1nnc(NC(=O)C(C)(C)C)s1. The number of hydrogen-bond acceptors (Lipinski definition) is 7. The van der Waals surface area contributed by atoms with Crippen molar-refractivity contribution in [2.24, 2.45) is 5.41 Å². The number of para-hydroxylation sites is 1. The Labute approximate surface area is 149 Å². The van der Waals surface area contributed by atoms with Crippen molar-refractivity contribution < 1.29 is 13.2 Å². The van der Waals surface area contributed by atoms with Crippen LogP contribution < -0.4 is 10.0 Å². The summed E-state index contributed by atoms with van der Waals surface area (Å²) in [5.74, 6) is -0.261. The van der Waals surface area contributed by atoms with Crippen molar-refractivity contribution >= 4 is 49.8 Å². The van der Waals surface area contributed by atoms with Gasteiger partial charge >= 0.3 is 0 Å². The molecule has 1 aromatic carbocycles. The van der Waals surface area contributed by atoms with Crippen molar-refractivity contribution in [3.63, 3.8) is 0 Å². The molecular weight excluding hydrogens is 368 g/mol. The van der Waals surface area contributed by atoms with Crippen LogP contribution in [-0.2, 0) is 14.8 Å². The van der Waals surface area contributed by atoms with Gasteiger partial charge in [-0.3, -0.25) is 9.52 Å². The number of carbonyl (C=O) groups excluding carboxylic acids is 1. The Morgan fingerprint density at radius 3 is 2.50 bits per heavy atom. The van der Waals surface area contributed by atoms with E-state index < -0.39 is 15.4 Å². The minimum Gasteiger partial charge on any atom is -0.300 e. The molecule has 0 saturated carbocycles. The first-order valence-corrected chi connectivity index (χ1v) is 10.5. The van der Waals surface area contributed by atoms with E-state index >= 15 is 0 Å². The number of carbonyl (C=O) groups is 1. The molecule has 1 amide bonds. The second-order valence-corrected chi connectivity index (χ2v) is 9.56. The predicted molar refractivity (Wildman–Crippen MR) is 97.0 cm³/mol. The topological polar surface area (TPSA) is 101 Å². The molecule has 2 rings (SSSR count). The smallest absolute Gasteiger partial charge is 0.291 e. The second kappa shape index (κ2) is 7.08. The number of rotatable bonds is 5. The van der Waals surface area contributed by atoms with Gasteiger partial charge in [-0.2, -0.15) is 8.42 Å². The van der Waals surface area contributed by atoms with Crippen molar-refractivity contribution in [1.29, 1.82) is 0 Å². The highest BCUT2D eigenvalue weighted by Gasteiger charge is 2.25. The number of nitrogens with zero attached hydrogens (tertiary/aromatic N) is 2. The summed E-state index contributed by atoms with van der Waals surface area (Å²) < 4.78 is 27.2. The molecule has 0 fully saturated rings. The fourth-order valence-electron chi connectivity index (χ4n) is 1.57. The number of nitrogens with one attached hydrogen (secondary N) is 2. The summed E-state index contributed by atoms with van der Waals surface area (Å²) in [5, 5.41) is 10.1. The van der Waals surface area contributed by atoms with E-state index in [2.05, 4.69) is 20.2 Å². The molecule has 0 bridgehead atoms. The monoisotopic (exact) mass is 386 g/mol. The molecule has 0 aliphatic carbocycles. The molecule has 1 heterocycles. The van der Waals surface area contributed by atoms with Crippen LogP contribution in [0.2, 0.25) is 0 Å². The average molecular weight is 387 g/mol. The van der Waals surface area contributed by atoms with E-state index in [0.717, 1.165) is 16.2 Å². The van der Waals surface area contributed by atoms with Crippen molar-refractivity contribution in [3.05, 3.63) is 24.3 Å². The Morgan fingerprint density at radius 2 is 1.88 bits per heavy atom. The highest BCUT2D eigenvalue weighted by molar-refractivity contribution is 7.99. The van der Waals surface area contributed by atoms with Crippen molar-refractivity contribution in [1.82, 2.24) is 10.2 Å². The lowest BCUT2D eigenvalue weighted by Crippen LogP contribution is -2.27. The number of amides is 1. The minimum absolute atomic E-state index is 0.147. The minimum atomic E-state index is -3.87. The lowest BCUT2D eigenvalue weighted by atomic mass is 9.96. The van der Waals surface area contributed by atoms with Crippen LogP contribution in [0.1, 0.15) is 20.8 Å². The lowest BCUT2D eigenvalue weighted by Gasteiger charge is -2.15. The summed E-state index contributed by atoms with van der Waals surface area (Å²) in [6.07, 6.45) is 1.86. The van der Waals surface area contributed by atoms with E-state index in [1.165, 1.54) is 11.8 Å². The first-order valence-electron chi connectivity index (χ1n) is 6.94. The number of sulfonamides is 1. The Kier molecular flexibility index (Phi) is 5.51. The van der Waals surface area contributed by atoms with E-state index in [-0.39, 0.29) is 15.4 Å². The Balaban J connectivity index is 2.20. The molecule has 10 heteroatoms. The molecule has 0 saturated heterocycles. The molecule has 0 unspecified atom stereocenters. The zero-order chi connectivity index (χ0) is 18.0. The molecular formula is C14H18N4O3S3. The van der Waals surface area contributed by atoms with Gasteiger partial charge < -0.3 is 5.32 Å². The molecule has 2 N–H and O–H groups in total. The van der Waals surface area contributed by atoms with Gasteiger partial charge in [0.2, 0.25) is 11.0 Å². The van der Waals surface area contributed by atoms with Crippen LogP contribution in [0.4, 0.5) is 10.8 Å². The summed E-state index contributed by atoms with van der Waals surface area (Å²) in [6, 6.07) is 7.06. The maximum absolute atomic E-state index is 12.4. The van der Waals surface area contributed by atoms with E-state index in [9.17, 15) is 13.2 Å². The Bertz CT molecular complexity index is 841. The highest BCUT2D eigenvalue weighted by Crippen LogP contribution is 2.29. The molecule has 0 spiro atoms. The third-order valence-corrected chi connectivity index (χ3v) is 6.26. The number of benzene rings is 1. The van der Waals surface area contributed by atoms with Gasteiger partial charge in [0.05, 0.1) is 5.69 Å². The number of thioether (sulfide) groups is 1. The largest absolute Gasteiger partial charge is 0.300 e. The Hall–Kier alpha value is -1.65. The van der Waals surface area contributed by atoms with Gasteiger partial charge in [-0.25, -0.2) is 0 Å². The quantitative estimate of drug-likeness (QED) is 0.605. The van der Waals surface area contributed by atoms with Crippen LogP contribution in [0.15, 0.2) is 33.5 Å². The maximum atomic E-state index is 12.4. The number of hydrogen-bond donors (Lipinski definition) is 2. The summed E-state index contributed by atoms with van der Waals surface area (Å²) in [6.45, 7) is 5.26. The second-order valence-electron chi connectivity index (χ2n) is 5.88. The average Bonchev–Trinajstić information content (AvgIpc) is 2.96. The van der Waals surface area contributed by atoms with Gasteiger partial charge in [0.25, 0.3) is 14.4 Å². The van der Waals surface area contributed by atoms with E-state index in [0.29, 0.717) is 5.69 Å². The van der Waals surface area contributed by atoms with Gasteiger partial charge in [0.15, 0.2) is 0 Å². The van der Waals surface area contributed by atoms with Crippen LogP contribution in [0, 0.1) is 5.41 Å². The number of anilines is 2. The summed E-state index contributed by atoms with van der Waals surface area (Å²) in [4.78, 5) is 12.7. The van der Waals surface area contributed by atoms with Crippen LogP contribution in [0.3, 0.4) is 0 Å². The lowest BCUT2D eigenvalue weighted by molar-refractivity contribution is -0.123. The van der Waals surface area contributed by atoms with Crippen LogP contribution in [-0.4, -0.2) is 30.8 Å². The van der Waals surface area contributed by atoms with Crippen LogP contribution in [0.25, 0.3) is 0 Å². The van der Waals surface area contributed by atoms with E-state index in [1.54, 1.807) is 32.9 Å². The van der Waals surface area contributed by atoms with Gasteiger partial charge in [-0.05, 0) is 18.4 Å². The molecule has 0 aliphatic heterocycles. The zero-order valence-corrected chi connectivity index (χ0v) is 16.1. The molecule has 0 aliphatic rings. The van der Waals surface area contributed by atoms with Crippen LogP contribution in [0.5, 0.6) is 0 Å². The molecule has 24 heavy (non-hydrogen) atoms. The van der Waals surface area contributed by atoms with Gasteiger partial charge in [-0.15, -0.1) is 22.0 Å². The standard InChI is InChI=1S/C14H18N4O3S3/c1-14(2,3)11(19)15-12-16-17-13(23-12)24(20,21)18-9-7-5-6-8-10(9)22-4/h5-8,18H,1-4H3,(H,15,16,19). The first-order chi connectivity index (χ1) is 11.1. The van der Waals surface area contributed by atoms with E-state index in [4.69, 9.17) is 0 Å². The highest BCUT2D eigenvalue weighted by atomic mass is 32.2. The molecule has 2 aromatic rings. The first kappa shape index (κ1) is 18.7. The molecule has 1 aromatic heterocycles. The predicted octanol–water partition coefficient (Wildman–Crippen LogP) is 3.05. The van der Waals surface area contributed by atoms with Gasteiger partial charge in [0, 0.05) is 10.3 Å². The Morgan fingerprint density at radius 1 is 1.21 bits per heavy atom.